The number of hydrogen-bond donors (Lipinski definition) is 2. The van der Waals surface area contributed by atoms with Gasteiger partial charge in [0.15, 0.2) is 0 Å². The molecule has 0 aromatic rings. The number of quaternary nitrogens is 2. The molecule has 0 fully saturated rings. The quantitative estimate of drug-likeness (QED) is 0.501. The molecule has 0 aliphatic rings. The van der Waals surface area contributed by atoms with Gasteiger partial charge in [-0.1, -0.05) is 41.5 Å². The summed E-state index contributed by atoms with van der Waals surface area (Å²) in [7, 11) is 15.1. The molecule has 0 saturated carbocycles. The van der Waals surface area contributed by atoms with E-state index in [1.807, 2.05) is 0 Å². The predicted molar refractivity (Wildman–Crippen MR) is 103 cm³/mol. The van der Waals surface area contributed by atoms with Crippen LogP contribution in [0.4, 0.5) is 0 Å². The fraction of sp³-hybridized carbons (Fsp3) is 1.00. The first kappa shape index (κ1) is 27.6. The van der Waals surface area contributed by atoms with E-state index in [1.54, 1.807) is 0 Å². The third kappa shape index (κ3) is 21.7. The molecule has 0 atom stereocenters. The van der Waals surface area contributed by atoms with Crippen LogP contribution in [0.1, 0.15) is 80.1 Å². The Morgan fingerprint density at radius 3 is 0.762 bits per heavy atom. The molecule has 0 heterocycles. The van der Waals surface area contributed by atoms with Crippen LogP contribution in [0.25, 0.3) is 0 Å². The van der Waals surface area contributed by atoms with Gasteiger partial charge < -0.3 is 11.5 Å². The second-order valence-electron chi connectivity index (χ2n) is 5.53. The van der Waals surface area contributed by atoms with Gasteiger partial charge in [0.25, 0.3) is 0 Å². The molecule has 132 valence electrons. The molecule has 0 unspecified atom stereocenters. The van der Waals surface area contributed by atoms with E-state index in [4.69, 9.17) is 0 Å². The Morgan fingerprint density at radius 1 is 0.667 bits per heavy atom. The molecule has 0 aliphatic carbocycles. The van der Waals surface area contributed by atoms with E-state index >= 15 is 0 Å². The van der Waals surface area contributed by atoms with Gasteiger partial charge in [0.2, 0.25) is 0 Å². The fourth-order valence-electron chi connectivity index (χ4n) is 1.50. The topological polar surface area (TPSA) is 55.3 Å². The van der Waals surface area contributed by atoms with Gasteiger partial charge in [-0.3, -0.25) is 0 Å². The molecule has 0 amide bonds. The first-order valence-corrected chi connectivity index (χ1v) is 23.4. The summed E-state index contributed by atoms with van der Waals surface area (Å²) < 4.78 is 0. The van der Waals surface area contributed by atoms with Crippen molar-refractivity contribution >= 4 is 40.3 Å². The van der Waals surface area contributed by atoms with Crippen LogP contribution in [0, 0.1) is 0 Å². The van der Waals surface area contributed by atoms with E-state index in [1.165, 1.54) is 38.5 Å². The van der Waals surface area contributed by atoms with Gasteiger partial charge in [-0.15, -0.1) is 0 Å². The number of hydrogen-bond acceptors (Lipinski definition) is 4. The fourth-order valence-corrected chi connectivity index (χ4v) is 1.50. The van der Waals surface area contributed by atoms with Crippen LogP contribution in [0.3, 0.4) is 0 Å². The second-order valence-corrected chi connectivity index (χ2v) is 35.2. The van der Waals surface area contributed by atoms with Gasteiger partial charge >= 0.3 is 50.2 Å². The molecule has 7 heteroatoms. The Hall–Kier alpha value is 1.75. The van der Waals surface area contributed by atoms with E-state index in [2.05, 4.69) is 93.3 Å². The molecule has 0 aliphatic heterocycles. The third-order valence-electron chi connectivity index (χ3n) is 4.50. The Kier molecular flexibility index (Phi) is 18.6. The maximum absolute atomic E-state index is 4.48. The summed E-state index contributed by atoms with van der Waals surface area (Å²) in [6, 6.07) is 0. The zero-order valence-electron chi connectivity index (χ0n) is 14.7. The van der Waals surface area contributed by atoms with Gasteiger partial charge in [-0.25, -0.2) is 0 Å². The Morgan fingerprint density at radius 2 is 0.762 bits per heavy atom. The van der Waals surface area contributed by atoms with Gasteiger partial charge in [0.05, 0.1) is 11.1 Å². The molecule has 21 heavy (non-hydrogen) atoms. The van der Waals surface area contributed by atoms with Crippen LogP contribution in [0.5, 0.6) is 0 Å². The normalized spacial score (nSPS) is 11.9. The molecule has 2 nitrogen and oxygen atoms in total. The van der Waals surface area contributed by atoms with E-state index in [9.17, 15) is 0 Å². The standard InChI is InChI=1S/2C7H17N.4S.W/c2*1-4-7(8,5-2)6-3;;;;;/h2*4-6,8H2,1-3H3;;;;;/q;;;;2*-1;/p+2. The molecule has 0 aromatic carbocycles. The van der Waals surface area contributed by atoms with Crippen molar-refractivity contribution in [1.82, 2.24) is 0 Å². The third-order valence-corrected chi connectivity index (χ3v) is 4.50. The van der Waals surface area contributed by atoms with E-state index < -0.39 is 9.86 Å². The van der Waals surface area contributed by atoms with Crippen molar-refractivity contribution in [3.63, 3.8) is 0 Å². The molecule has 0 rings (SSSR count). The van der Waals surface area contributed by atoms with Crippen molar-refractivity contribution in [3.8, 4) is 0 Å². The first-order valence-electron chi connectivity index (χ1n) is 7.74. The summed E-state index contributed by atoms with van der Waals surface area (Å²) in [5.74, 6) is 0. The van der Waals surface area contributed by atoms with Crippen molar-refractivity contribution in [2.45, 2.75) is 91.1 Å². The molecule has 6 N–H and O–H groups in total. The van der Waals surface area contributed by atoms with E-state index in [0.29, 0.717) is 11.1 Å². The molecule has 0 aromatic heterocycles. The van der Waals surface area contributed by atoms with Crippen molar-refractivity contribution < 1.29 is 21.3 Å². The Balaban J connectivity index is -0.000000239. The van der Waals surface area contributed by atoms with Crippen molar-refractivity contribution in [2.24, 2.45) is 0 Å². The summed E-state index contributed by atoms with van der Waals surface area (Å²) >= 11 is 0. The van der Waals surface area contributed by atoms with Gasteiger partial charge in [-0.05, 0) is 38.5 Å². The minimum absolute atomic E-state index is 0.375. The SMILES string of the molecule is CCC([NH3+])(CC)CC.CCC([NH3+])(CC)CC.[S]=[W](=[S])([S-])[S-]. The van der Waals surface area contributed by atoms with Crippen LogP contribution in [0.15, 0.2) is 0 Å². The predicted octanol–water partition coefficient (Wildman–Crippen LogP) is 3.68. The zero-order valence-corrected chi connectivity index (χ0v) is 20.9. The number of rotatable bonds is 6. The molecular formula is C14H36N2S4W. The molecule has 0 saturated heterocycles. The van der Waals surface area contributed by atoms with Crippen molar-refractivity contribution in [3.05, 3.63) is 0 Å². The van der Waals surface area contributed by atoms with Crippen LogP contribution >= 0.6 is 19.6 Å². The average molecular weight is 545 g/mol. The zero-order chi connectivity index (χ0) is 17.7. The molecular weight excluding hydrogens is 508 g/mol. The van der Waals surface area contributed by atoms with E-state index in [0.717, 1.165) is 0 Å². The molecule has 0 spiro atoms. The first-order chi connectivity index (χ1) is 9.36. The molecule has 0 radical (unpaired) electrons. The summed E-state index contributed by atoms with van der Waals surface area (Å²) in [5, 5.41) is 0. The van der Waals surface area contributed by atoms with Gasteiger partial charge in [-0.2, -0.15) is 0 Å². The Labute approximate surface area is 151 Å². The Bertz CT molecular complexity index is 281. The minimum atomic E-state index is -2.83. The molecule has 0 bridgehead atoms. The van der Waals surface area contributed by atoms with Crippen LogP contribution in [-0.2, 0) is 30.5 Å². The van der Waals surface area contributed by atoms with Crippen LogP contribution in [-0.4, -0.2) is 11.1 Å². The second kappa shape index (κ2) is 14.1. The van der Waals surface area contributed by atoms with E-state index in [-0.39, 0.29) is 0 Å². The summed E-state index contributed by atoms with van der Waals surface area (Å²) in [6.45, 7) is 13.3. The van der Waals surface area contributed by atoms with Crippen molar-refractivity contribution in [1.29, 1.82) is 0 Å². The summed E-state index contributed by atoms with van der Waals surface area (Å²) in [5.41, 5.74) is 9.00. The average Bonchev–Trinajstić information content (AvgIpc) is 2.44. The van der Waals surface area contributed by atoms with Crippen molar-refractivity contribution in [2.75, 3.05) is 0 Å². The van der Waals surface area contributed by atoms with Crippen LogP contribution in [0.2, 0.25) is 0 Å². The monoisotopic (exact) mass is 544 g/mol. The van der Waals surface area contributed by atoms with Gasteiger partial charge in [0, 0.05) is 0 Å². The maximum atomic E-state index is 4.48. The van der Waals surface area contributed by atoms with Crippen LogP contribution < -0.4 is 11.5 Å². The van der Waals surface area contributed by atoms with Gasteiger partial charge in [0.1, 0.15) is 0 Å². The summed E-state index contributed by atoms with van der Waals surface area (Å²) in [6.07, 6.45) is 7.25. The summed E-state index contributed by atoms with van der Waals surface area (Å²) in [4.78, 5) is 0.